The predicted molar refractivity (Wildman–Crippen MR) is 102 cm³/mol. The molecule has 0 bridgehead atoms. The zero-order valence-electron chi connectivity index (χ0n) is 14.1. The number of hydrogen-bond donors (Lipinski definition) is 2. The molecule has 7 heteroatoms. The van der Waals surface area contributed by atoms with Crippen molar-refractivity contribution in [1.29, 1.82) is 0 Å². The van der Waals surface area contributed by atoms with Gasteiger partial charge in [-0.05, 0) is 35.6 Å². The van der Waals surface area contributed by atoms with Gasteiger partial charge in [0.05, 0.1) is 11.2 Å². The molecular weight excluding hydrogens is 344 g/mol. The molecule has 1 aliphatic rings. The molecule has 0 unspecified atom stereocenters. The molecule has 1 heterocycles. The number of methoxy groups -OCH3 is 1. The number of nitrogens with one attached hydrogen (secondary N) is 2. The van der Waals surface area contributed by atoms with Crippen molar-refractivity contribution >= 4 is 29.4 Å². The second-order valence-corrected chi connectivity index (χ2v) is 8.10. The van der Waals surface area contributed by atoms with Crippen molar-refractivity contribution in [3.63, 3.8) is 0 Å². The molecule has 1 amide bonds. The van der Waals surface area contributed by atoms with Gasteiger partial charge < -0.3 is 20.1 Å². The third-order valence-corrected chi connectivity index (χ3v) is 6.47. The summed E-state index contributed by atoms with van der Waals surface area (Å²) < 4.78 is 11.0. The van der Waals surface area contributed by atoms with E-state index in [9.17, 15) is 4.79 Å². The molecule has 2 N–H and O–H groups in total. The number of ether oxygens (including phenoxy) is 2. The lowest BCUT2D eigenvalue weighted by molar-refractivity contribution is -0.123. The standard InChI is InChI=1S/C17H26N2O3S2/c1-21-10-9-18-7-8-19-16(20)13-22-15-5-3-14(4-6-15)17-23-11-2-12-24-17/h3-6,17-18H,2,7-13H2,1H3,(H,19,20). The van der Waals surface area contributed by atoms with E-state index in [-0.39, 0.29) is 12.5 Å². The Morgan fingerprint density at radius 1 is 1.17 bits per heavy atom. The van der Waals surface area contributed by atoms with Crippen molar-refractivity contribution < 1.29 is 14.3 Å². The minimum Gasteiger partial charge on any atom is -0.484 e. The summed E-state index contributed by atoms with van der Waals surface area (Å²) in [4.78, 5) is 11.7. The summed E-state index contributed by atoms with van der Waals surface area (Å²) in [7, 11) is 1.67. The second-order valence-electron chi connectivity index (χ2n) is 5.38. The summed E-state index contributed by atoms with van der Waals surface area (Å²) in [5, 5.41) is 5.99. The zero-order chi connectivity index (χ0) is 17.0. The first kappa shape index (κ1) is 19.4. The maximum absolute atomic E-state index is 11.7. The van der Waals surface area contributed by atoms with Gasteiger partial charge in [0.1, 0.15) is 5.75 Å². The summed E-state index contributed by atoms with van der Waals surface area (Å²) in [6, 6.07) is 8.10. The van der Waals surface area contributed by atoms with Crippen LogP contribution < -0.4 is 15.4 Å². The number of carbonyl (C=O) groups excluding carboxylic acids is 1. The van der Waals surface area contributed by atoms with E-state index >= 15 is 0 Å². The minimum absolute atomic E-state index is 0.0460. The highest BCUT2D eigenvalue weighted by atomic mass is 32.2. The average molecular weight is 371 g/mol. The average Bonchev–Trinajstić information content (AvgIpc) is 2.64. The molecule has 5 nitrogen and oxygen atoms in total. The Balaban J connectivity index is 1.62. The van der Waals surface area contributed by atoms with E-state index in [2.05, 4.69) is 22.8 Å². The fraction of sp³-hybridized carbons (Fsp3) is 0.588. The Kier molecular flexibility index (Phi) is 9.42. The predicted octanol–water partition coefficient (Wildman–Crippen LogP) is 2.29. The molecule has 134 valence electrons. The first-order chi connectivity index (χ1) is 11.8. The van der Waals surface area contributed by atoms with Crippen LogP contribution in [0.5, 0.6) is 5.75 Å². The van der Waals surface area contributed by atoms with E-state index < -0.39 is 0 Å². The molecular formula is C17H26N2O3S2. The van der Waals surface area contributed by atoms with E-state index in [1.165, 1.54) is 23.5 Å². The Bertz CT molecular complexity index is 479. The summed E-state index contributed by atoms with van der Waals surface area (Å²) in [6.07, 6.45) is 1.30. The number of carbonyl (C=O) groups is 1. The van der Waals surface area contributed by atoms with Crippen LogP contribution in [0, 0.1) is 0 Å². The molecule has 1 aromatic rings. The van der Waals surface area contributed by atoms with E-state index in [4.69, 9.17) is 9.47 Å². The van der Waals surface area contributed by atoms with Crippen LogP contribution >= 0.6 is 23.5 Å². The molecule has 1 saturated heterocycles. The van der Waals surface area contributed by atoms with Gasteiger partial charge >= 0.3 is 0 Å². The molecule has 0 spiro atoms. The fourth-order valence-corrected chi connectivity index (χ4v) is 5.09. The molecule has 1 aliphatic heterocycles. The van der Waals surface area contributed by atoms with Gasteiger partial charge in [0.2, 0.25) is 0 Å². The largest absolute Gasteiger partial charge is 0.484 e. The van der Waals surface area contributed by atoms with Crippen molar-refractivity contribution in [3.05, 3.63) is 29.8 Å². The van der Waals surface area contributed by atoms with Gasteiger partial charge in [0.25, 0.3) is 5.91 Å². The number of amides is 1. The number of thioether (sulfide) groups is 2. The lowest BCUT2D eigenvalue weighted by atomic mass is 10.2. The van der Waals surface area contributed by atoms with Gasteiger partial charge in [-0.3, -0.25) is 4.79 Å². The van der Waals surface area contributed by atoms with Crippen LogP contribution in [0.25, 0.3) is 0 Å². The molecule has 24 heavy (non-hydrogen) atoms. The normalized spacial score (nSPS) is 15.2. The van der Waals surface area contributed by atoms with Gasteiger partial charge in [-0.2, -0.15) is 0 Å². The van der Waals surface area contributed by atoms with Gasteiger partial charge in [-0.25, -0.2) is 0 Å². The maximum Gasteiger partial charge on any atom is 0.257 e. The molecule has 1 fully saturated rings. The van der Waals surface area contributed by atoms with Crippen LogP contribution in [0.2, 0.25) is 0 Å². The fourth-order valence-electron chi connectivity index (χ4n) is 2.19. The Morgan fingerprint density at radius 2 is 1.92 bits per heavy atom. The van der Waals surface area contributed by atoms with Crippen molar-refractivity contribution in [1.82, 2.24) is 10.6 Å². The lowest BCUT2D eigenvalue weighted by Crippen LogP contribution is -2.35. The maximum atomic E-state index is 11.7. The monoisotopic (exact) mass is 370 g/mol. The summed E-state index contributed by atoms with van der Waals surface area (Å²) in [5.41, 5.74) is 1.32. The highest BCUT2D eigenvalue weighted by Gasteiger charge is 2.16. The first-order valence-corrected chi connectivity index (χ1v) is 10.3. The summed E-state index contributed by atoms with van der Waals surface area (Å²) in [5.74, 6) is 3.09. The van der Waals surface area contributed by atoms with E-state index in [0.29, 0.717) is 17.7 Å². The van der Waals surface area contributed by atoms with Crippen molar-refractivity contribution in [2.24, 2.45) is 0 Å². The van der Waals surface area contributed by atoms with Gasteiger partial charge in [0.15, 0.2) is 6.61 Å². The SMILES string of the molecule is COCCNCCNC(=O)COc1ccc(C2SCCCS2)cc1. The van der Waals surface area contributed by atoms with Crippen LogP contribution in [-0.4, -0.2) is 57.4 Å². The molecule has 0 saturated carbocycles. The van der Waals surface area contributed by atoms with Crippen molar-refractivity contribution in [3.8, 4) is 5.75 Å². The molecule has 2 rings (SSSR count). The Hall–Kier alpha value is -0.890. The van der Waals surface area contributed by atoms with Crippen LogP contribution in [0.1, 0.15) is 16.6 Å². The highest BCUT2D eigenvalue weighted by Crippen LogP contribution is 2.43. The first-order valence-electron chi connectivity index (χ1n) is 8.22. The molecule has 1 aromatic carbocycles. The summed E-state index contributed by atoms with van der Waals surface area (Å²) in [6.45, 7) is 2.81. The van der Waals surface area contributed by atoms with Crippen molar-refractivity contribution in [2.75, 3.05) is 51.5 Å². The van der Waals surface area contributed by atoms with Crippen LogP contribution in [0.4, 0.5) is 0 Å². The number of hydrogen-bond acceptors (Lipinski definition) is 6. The highest BCUT2D eigenvalue weighted by molar-refractivity contribution is 8.16. The van der Waals surface area contributed by atoms with Crippen LogP contribution in [0.3, 0.4) is 0 Å². The third kappa shape index (κ3) is 7.34. The smallest absolute Gasteiger partial charge is 0.257 e. The second kappa shape index (κ2) is 11.6. The minimum atomic E-state index is -0.106. The lowest BCUT2D eigenvalue weighted by Gasteiger charge is -2.21. The topological polar surface area (TPSA) is 59.6 Å². The molecule has 0 radical (unpaired) electrons. The number of benzene rings is 1. The van der Waals surface area contributed by atoms with Gasteiger partial charge in [-0.15, -0.1) is 23.5 Å². The van der Waals surface area contributed by atoms with E-state index in [1.807, 2.05) is 35.7 Å². The Morgan fingerprint density at radius 3 is 2.62 bits per heavy atom. The van der Waals surface area contributed by atoms with Gasteiger partial charge in [0, 0.05) is 26.7 Å². The Labute approximate surface area is 152 Å². The van der Waals surface area contributed by atoms with Crippen molar-refractivity contribution in [2.45, 2.75) is 11.0 Å². The van der Waals surface area contributed by atoms with E-state index in [1.54, 1.807) is 7.11 Å². The number of rotatable bonds is 10. The molecule has 0 aliphatic carbocycles. The quantitative estimate of drug-likeness (QED) is 0.616. The van der Waals surface area contributed by atoms with E-state index in [0.717, 1.165) is 18.8 Å². The molecule has 0 atom stereocenters. The van der Waals surface area contributed by atoms with Crippen LogP contribution in [-0.2, 0) is 9.53 Å². The summed E-state index contributed by atoms with van der Waals surface area (Å²) >= 11 is 4.00. The van der Waals surface area contributed by atoms with Crippen LogP contribution in [0.15, 0.2) is 24.3 Å². The third-order valence-electron chi connectivity index (χ3n) is 3.46. The molecule has 0 aromatic heterocycles. The zero-order valence-corrected chi connectivity index (χ0v) is 15.7. The van der Waals surface area contributed by atoms with Gasteiger partial charge in [-0.1, -0.05) is 12.1 Å².